The summed E-state index contributed by atoms with van der Waals surface area (Å²) < 4.78 is 2.63. The Bertz CT molecular complexity index is 874. The van der Waals surface area contributed by atoms with E-state index in [-0.39, 0.29) is 12.1 Å². The predicted octanol–water partition coefficient (Wildman–Crippen LogP) is 1.15. The highest BCUT2D eigenvalue weighted by atomic mass is 35.5. The van der Waals surface area contributed by atoms with E-state index in [9.17, 15) is 4.79 Å². The van der Waals surface area contributed by atoms with Gasteiger partial charge in [-0.3, -0.25) is 9.36 Å². The molecule has 0 fully saturated rings. The van der Waals surface area contributed by atoms with Crippen molar-refractivity contribution in [3.8, 4) is 11.8 Å². The third kappa shape index (κ3) is 1.92. The summed E-state index contributed by atoms with van der Waals surface area (Å²) in [5.74, 6) is 0. The molecule has 8 heteroatoms. The summed E-state index contributed by atoms with van der Waals surface area (Å²) in [5, 5.41) is 17.0. The molecule has 7 nitrogen and oxygen atoms in total. The van der Waals surface area contributed by atoms with Gasteiger partial charge in [-0.15, -0.1) is 5.10 Å². The van der Waals surface area contributed by atoms with Gasteiger partial charge in [0.25, 0.3) is 5.56 Å². The van der Waals surface area contributed by atoms with Crippen molar-refractivity contribution in [3.05, 3.63) is 46.0 Å². The van der Waals surface area contributed by atoms with Gasteiger partial charge in [0.15, 0.2) is 11.2 Å². The minimum absolute atomic E-state index is 0.0738. The summed E-state index contributed by atoms with van der Waals surface area (Å²) in [6.07, 6.45) is 1.31. The first-order valence-corrected chi connectivity index (χ1v) is 6.02. The second-order valence-corrected chi connectivity index (χ2v) is 4.42. The first-order chi connectivity index (χ1) is 9.70. The van der Waals surface area contributed by atoms with Crippen LogP contribution in [0.3, 0.4) is 0 Å². The van der Waals surface area contributed by atoms with Gasteiger partial charge in [0.05, 0.1) is 11.8 Å². The minimum Gasteiger partial charge on any atom is -0.283 e. The lowest BCUT2D eigenvalue weighted by Crippen LogP contribution is -2.20. The number of nitriles is 1. The van der Waals surface area contributed by atoms with Crippen LogP contribution in [0.4, 0.5) is 0 Å². The second kappa shape index (κ2) is 4.75. The normalized spacial score (nSPS) is 10.6. The molecule has 0 spiro atoms. The van der Waals surface area contributed by atoms with Crippen LogP contribution in [0.5, 0.6) is 0 Å². The van der Waals surface area contributed by atoms with Gasteiger partial charge in [-0.05, 0) is 24.3 Å². The van der Waals surface area contributed by atoms with Crippen LogP contribution in [0, 0.1) is 11.3 Å². The molecular formula is C12H7ClN6O. The van der Waals surface area contributed by atoms with Gasteiger partial charge < -0.3 is 0 Å². The number of rotatable bonds is 2. The fourth-order valence-corrected chi connectivity index (χ4v) is 1.91. The maximum Gasteiger partial charge on any atom is 0.284 e. The van der Waals surface area contributed by atoms with E-state index in [1.165, 1.54) is 15.6 Å². The Morgan fingerprint density at radius 3 is 2.75 bits per heavy atom. The summed E-state index contributed by atoms with van der Waals surface area (Å²) in [6, 6.07) is 8.80. The summed E-state index contributed by atoms with van der Waals surface area (Å²) in [7, 11) is 0. The van der Waals surface area contributed by atoms with Crippen LogP contribution < -0.4 is 5.56 Å². The number of nitrogens with zero attached hydrogens (tertiary/aromatic N) is 6. The van der Waals surface area contributed by atoms with E-state index in [1.807, 2.05) is 6.07 Å². The number of hydrogen-bond donors (Lipinski definition) is 0. The molecule has 0 saturated heterocycles. The Labute approximate surface area is 117 Å². The van der Waals surface area contributed by atoms with Gasteiger partial charge in [-0.2, -0.15) is 9.94 Å². The van der Waals surface area contributed by atoms with Crippen molar-refractivity contribution in [2.75, 3.05) is 0 Å². The third-order valence-corrected chi connectivity index (χ3v) is 2.99. The SMILES string of the molecule is N#CCn1cnc2c(nnn2-c2ccc(Cl)cc2)c1=O. The summed E-state index contributed by atoms with van der Waals surface area (Å²) in [5.41, 5.74) is 0.766. The zero-order valence-electron chi connectivity index (χ0n) is 10.1. The molecule has 2 heterocycles. The molecule has 0 aliphatic heterocycles. The summed E-state index contributed by atoms with van der Waals surface area (Å²) in [4.78, 5) is 16.2. The van der Waals surface area contributed by atoms with E-state index in [0.717, 1.165) is 0 Å². The fraction of sp³-hybridized carbons (Fsp3) is 0.0833. The van der Waals surface area contributed by atoms with E-state index < -0.39 is 5.56 Å². The number of hydrogen-bond acceptors (Lipinski definition) is 5. The molecule has 98 valence electrons. The molecule has 0 unspecified atom stereocenters. The van der Waals surface area contributed by atoms with E-state index in [2.05, 4.69) is 15.3 Å². The average Bonchev–Trinajstić information content (AvgIpc) is 2.88. The van der Waals surface area contributed by atoms with E-state index in [1.54, 1.807) is 24.3 Å². The van der Waals surface area contributed by atoms with E-state index >= 15 is 0 Å². The standard InChI is InChI=1S/C12H7ClN6O/c13-8-1-3-9(4-2-8)19-11-10(16-17-19)12(20)18(6-5-14)7-15-11/h1-4,7H,6H2. The van der Waals surface area contributed by atoms with Crippen LogP contribution in [0.2, 0.25) is 5.02 Å². The molecule has 0 N–H and O–H groups in total. The smallest absolute Gasteiger partial charge is 0.283 e. The minimum atomic E-state index is -0.392. The van der Waals surface area contributed by atoms with Gasteiger partial charge in [0.2, 0.25) is 0 Å². The van der Waals surface area contributed by atoms with Crippen LogP contribution in [0.25, 0.3) is 16.9 Å². The first kappa shape index (κ1) is 12.3. The molecule has 3 aromatic rings. The van der Waals surface area contributed by atoms with Crippen molar-refractivity contribution >= 4 is 22.8 Å². The van der Waals surface area contributed by atoms with Gasteiger partial charge in [-0.1, -0.05) is 16.8 Å². The number of fused-ring (bicyclic) bond motifs is 1. The summed E-state index contributed by atoms with van der Waals surface area (Å²) >= 11 is 5.83. The quantitative estimate of drug-likeness (QED) is 0.705. The van der Waals surface area contributed by atoms with Gasteiger partial charge in [0, 0.05) is 5.02 Å². The van der Waals surface area contributed by atoms with Crippen molar-refractivity contribution in [3.63, 3.8) is 0 Å². The van der Waals surface area contributed by atoms with Crippen molar-refractivity contribution in [2.45, 2.75) is 6.54 Å². The van der Waals surface area contributed by atoms with Crippen LogP contribution in [0.1, 0.15) is 0 Å². The van der Waals surface area contributed by atoms with Gasteiger partial charge in [-0.25, -0.2) is 4.98 Å². The Morgan fingerprint density at radius 1 is 1.30 bits per heavy atom. The van der Waals surface area contributed by atoms with Gasteiger partial charge >= 0.3 is 0 Å². The summed E-state index contributed by atoms with van der Waals surface area (Å²) in [6.45, 7) is -0.0738. The monoisotopic (exact) mass is 286 g/mol. The molecule has 1 aromatic carbocycles. The molecule has 0 atom stereocenters. The molecule has 2 aromatic heterocycles. The Hall–Kier alpha value is -2.72. The largest absolute Gasteiger partial charge is 0.284 e. The lowest BCUT2D eigenvalue weighted by molar-refractivity contribution is 0.771. The number of aromatic nitrogens is 5. The molecule has 0 amide bonds. The maximum atomic E-state index is 12.1. The van der Waals surface area contributed by atoms with E-state index in [0.29, 0.717) is 16.4 Å². The van der Waals surface area contributed by atoms with Crippen LogP contribution in [-0.2, 0) is 6.54 Å². The molecule has 20 heavy (non-hydrogen) atoms. The zero-order valence-corrected chi connectivity index (χ0v) is 10.8. The third-order valence-electron chi connectivity index (χ3n) is 2.74. The highest BCUT2D eigenvalue weighted by Gasteiger charge is 2.12. The highest BCUT2D eigenvalue weighted by Crippen LogP contribution is 2.15. The molecular weight excluding hydrogens is 280 g/mol. The predicted molar refractivity (Wildman–Crippen MR) is 71.5 cm³/mol. The molecule has 0 radical (unpaired) electrons. The second-order valence-electron chi connectivity index (χ2n) is 3.99. The molecule has 0 aliphatic carbocycles. The topological polar surface area (TPSA) is 89.4 Å². The van der Waals surface area contributed by atoms with Crippen molar-refractivity contribution in [2.24, 2.45) is 0 Å². The number of benzene rings is 1. The van der Waals surface area contributed by atoms with Crippen LogP contribution in [-0.4, -0.2) is 24.5 Å². The molecule has 3 rings (SSSR count). The Balaban J connectivity index is 2.20. The Morgan fingerprint density at radius 2 is 2.05 bits per heavy atom. The highest BCUT2D eigenvalue weighted by molar-refractivity contribution is 6.30. The van der Waals surface area contributed by atoms with Crippen molar-refractivity contribution in [1.82, 2.24) is 24.5 Å². The van der Waals surface area contributed by atoms with Crippen molar-refractivity contribution in [1.29, 1.82) is 5.26 Å². The number of halogens is 1. The zero-order chi connectivity index (χ0) is 14.1. The maximum absolute atomic E-state index is 12.1. The van der Waals surface area contributed by atoms with Crippen LogP contribution in [0.15, 0.2) is 35.4 Å². The van der Waals surface area contributed by atoms with Crippen molar-refractivity contribution < 1.29 is 0 Å². The average molecular weight is 287 g/mol. The molecule has 0 saturated carbocycles. The molecule has 0 bridgehead atoms. The van der Waals surface area contributed by atoms with E-state index in [4.69, 9.17) is 16.9 Å². The first-order valence-electron chi connectivity index (χ1n) is 5.64. The lowest BCUT2D eigenvalue weighted by Gasteiger charge is -2.02. The fourth-order valence-electron chi connectivity index (χ4n) is 1.79. The van der Waals surface area contributed by atoms with Crippen LogP contribution >= 0.6 is 11.6 Å². The molecule has 0 aliphatic rings. The Kier molecular flexibility index (Phi) is 2.93. The lowest BCUT2D eigenvalue weighted by atomic mass is 10.3. The van der Waals surface area contributed by atoms with Gasteiger partial charge in [0.1, 0.15) is 12.9 Å².